The third-order valence-electron chi connectivity index (χ3n) is 4.79. The Balaban J connectivity index is 1.92. The molecule has 1 unspecified atom stereocenters. The number of hydrogen-bond donors (Lipinski definition) is 2. The summed E-state index contributed by atoms with van der Waals surface area (Å²) in [6, 6.07) is 7.32. The van der Waals surface area contributed by atoms with Crippen molar-refractivity contribution in [1.82, 2.24) is 14.9 Å². The molecular weight excluding hydrogens is 320 g/mol. The summed E-state index contributed by atoms with van der Waals surface area (Å²) < 4.78 is 6.87. The van der Waals surface area contributed by atoms with Crippen LogP contribution in [0.25, 0.3) is 22.1 Å². The zero-order valence-electron chi connectivity index (χ0n) is 14.6. The van der Waals surface area contributed by atoms with E-state index in [4.69, 9.17) is 10.2 Å². The first-order valence-corrected chi connectivity index (χ1v) is 8.23. The monoisotopic (exact) mass is 342 g/mol. The molecule has 0 bridgehead atoms. The van der Waals surface area contributed by atoms with Gasteiger partial charge in [0.05, 0.1) is 11.9 Å². The number of carbonyl (C=O) groups excluding carboxylic acids is 1. The predicted molar refractivity (Wildman–Crippen MR) is 96.2 cm³/mol. The van der Waals surface area contributed by atoms with E-state index in [2.05, 4.69) is 10.3 Å². The van der Waals surface area contributed by atoms with Crippen LogP contribution >= 0.6 is 0 Å². The van der Waals surface area contributed by atoms with Crippen LogP contribution in [-0.4, -0.2) is 27.5 Å². The third-order valence-corrected chi connectivity index (χ3v) is 4.79. The first-order valence-electron chi connectivity index (χ1n) is 8.23. The van der Waals surface area contributed by atoms with E-state index in [1.807, 2.05) is 39.0 Å². The molecule has 0 aliphatic rings. The number of carbonyl (C=O) groups is 1. The van der Waals surface area contributed by atoms with Crippen LogP contribution < -0.4 is 16.6 Å². The minimum atomic E-state index is -0.530. The molecule has 0 spiro atoms. The summed E-state index contributed by atoms with van der Waals surface area (Å²) in [6.45, 7) is 6.04. The van der Waals surface area contributed by atoms with E-state index >= 15 is 0 Å². The van der Waals surface area contributed by atoms with Gasteiger partial charge in [-0.15, -0.1) is 0 Å². The molecular formula is C18H22N4O3. The van der Waals surface area contributed by atoms with Crippen molar-refractivity contribution in [1.29, 1.82) is 0 Å². The standard InChI is InChI=1S/C18H22N4O3/c1-11(2)18(3,9-19)21-14(23)8-22-10-20-15-12-6-4-5-7-13(12)25-16(15)17(22)24/h4-7,10-11H,8-9,19H2,1-3H3,(H,21,23). The Hall–Kier alpha value is -2.67. The molecule has 0 radical (unpaired) electrons. The number of furan rings is 1. The summed E-state index contributed by atoms with van der Waals surface area (Å²) in [6.07, 6.45) is 1.38. The van der Waals surface area contributed by atoms with Gasteiger partial charge >= 0.3 is 0 Å². The van der Waals surface area contributed by atoms with Gasteiger partial charge in [0.25, 0.3) is 5.56 Å². The van der Waals surface area contributed by atoms with Gasteiger partial charge in [0, 0.05) is 11.9 Å². The Bertz CT molecular complexity index is 989. The minimum Gasteiger partial charge on any atom is -0.448 e. The van der Waals surface area contributed by atoms with Crippen molar-refractivity contribution in [3.05, 3.63) is 40.9 Å². The van der Waals surface area contributed by atoms with E-state index in [-0.39, 0.29) is 29.5 Å². The van der Waals surface area contributed by atoms with E-state index in [9.17, 15) is 9.59 Å². The normalized spacial score (nSPS) is 14.1. The van der Waals surface area contributed by atoms with Crippen molar-refractivity contribution in [2.75, 3.05) is 6.54 Å². The van der Waals surface area contributed by atoms with Crippen molar-refractivity contribution in [3.63, 3.8) is 0 Å². The topological polar surface area (TPSA) is 103 Å². The lowest BCUT2D eigenvalue weighted by molar-refractivity contribution is -0.123. The molecule has 3 N–H and O–H groups in total. The molecule has 25 heavy (non-hydrogen) atoms. The summed E-state index contributed by atoms with van der Waals surface area (Å²) in [5.41, 5.74) is 6.13. The maximum atomic E-state index is 12.6. The molecule has 3 rings (SSSR count). The smallest absolute Gasteiger partial charge is 0.297 e. The summed E-state index contributed by atoms with van der Waals surface area (Å²) in [4.78, 5) is 29.3. The average molecular weight is 342 g/mol. The number of aromatic nitrogens is 2. The number of nitrogens with zero attached hydrogens (tertiary/aromatic N) is 2. The molecule has 7 nitrogen and oxygen atoms in total. The lowest BCUT2D eigenvalue weighted by Gasteiger charge is -2.33. The number of benzene rings is 1. The first kappa shape index (κ1) is 17.2. The van der Waals surface area contributed by atoms with Gasteiger partial charge in [-0.1, -0.05) is 26.0 Å². The molecule has 0 fully saturated rings. The van der Waals surface area contributed by atoms with Gasteiger partial charge < -0.3 is 15.5 Å². The quantitative estimate of drug-likeness (QED) is 0.733. The van der Waals surface area contributed by atoms with Gasteiger partial charge in [-0.05, 0) is 25.0 Å². The van der Waals surface area contributed by atoms with Gasteiger partial charge in [0.2, 0.25) is 11.5 Å². The fraction of sp³-hybridized carbons (Fsp3) is 0.389. The second-order valence-corrected chi connectivity index (χ2v) is 6.78. The molecule has 0 aliphatic carbocycles. The van der Waals surface area contributed by atoms with Crippen molar-refractivity contribution < 1.29 is 9.21 Å². The average Bonchev–Trinajstić information content (AvgIpc) is 2.96. The fourth-order valence-corrected chi connectivity index (χ4v) is 2.67. The fourth-order valence-electron chi connectivity index (χ4n) is 2.67. The van der Waals surface area contributed by atoms with Gasteiger partial charge in [0.15, 0.2) is 0 Å². The number of para-hydroxylation sites is 1. The van der Waals surface area contributed by atoms with Crippen LogP contribution in [0.15, 0.2) is 39.8 Å². The minimum absolute atomic E-state index is 0.138. The van der Waals surface area contributed by atoms with Gasteiger partial charge in [-0.3, -0.25) is 14.2 Å². The number of nitrogens with one attached hydrogen (secondary N) is 1. The number of amides is 1. The highest BCUT2D eigenvalue weighted by molar-refractivity contribution is 6.01. The predicted octanol–water partition coefficient (Wildman–Crippen LogP) is 1.63. The van der Waals surface area contributed by atoms with Crippen LogP contribution in [0.5, 0.6) is 0 Å². The Kier molecular flexibility index (Phi) is 4.34. The molecule has 7 heteroatoms. The maximum Gasteiger partial charge on any atom is 0.297 e. The van der Waals surface area contributed by atoms with Crippen molar-refractivity contribution in [2.45, 2.75) is 32.9 Å². The summed E-state index contributed by atoms with van der Waals surface area (Å²) in [7, 11) is 0. The summed E-state index contributed by atoms with van der Waals surface area (Å²) in [5, 5.41) is 3.69. The highest BCUT2D eigenvalue weighted by atomic mass is 16.3. The Morgan fingerprint density at radius 2 is 2.12 bits per heavy atom. The Labute approximate surface area is 144 Å². The molecule has 2 heterocycles. The molecule has 0 saturated carbocycles. The van der Waals surface area contributed by atoms with Crippen molar-refractivity contribution in [2.24, 2.45) is 11.7 Å². The van der Waals surface area contributed by atoms with Crippen LogP contribution in [0.3, 0.4) is 0 Å². The van der Waals surface area contributed by atoms with Gasteiger partial charge in [-0.2, -0.15) is 0 Å². The maximum absolute atomic E-state index is 12.6. The highest BCUT2D eigenvalue weighted by Gasteiger charge is 2.28. The van der Waals surface area contributed by atoms with E-state index in [1.54, 1.807) is 6.07 Å². The second kappa shape index (κ2) is 6.33. The third kappa shape index (κ3) is 3.02. The molecule has 1 aromatic carbocycles. The second-order valence-electron chi connectivity index (χ2n) is 6.78. The number of hydrogen-bond acceptors (Lipinski definition) is 5. The molecule has 0 aliphatic heterocycles. The molecule has 0 saturated heterocycles. The lowest BCUT2D eigenvalue weighted by Crippen LogP contribution is -2.56. The number of fused-ring (bicyclic) bond motifs is 3. The molecule has 2 aromatic heterocycles. The van der Waals surface area contributed by atoms with Crippen LogP contribution in [0.4, 0.5) is 0 Å². The van der Waals surface area contributed by atoms with E-state index in [0.29, 0.717) is 17.6 Å². The van der Waals surface area contributed by atoms with Crippen LogP contribution in [0.1, 0.15) is 20.8 Å². The summed E-state index contributed by atoms with van der Waals surface area (Å²) in [5.74, 6) is -0.129. The van der Waals surface area contributed by atoms with Crippen molar-refractivity contribution >= 4 is 28.0 Å². The molecule has 3 aromatic rings. The van der Waals surface area contributed by atoms with Crippen LogP contribution in [0.2, 0.25) is 0 Å². The number of nitrogens with two attached hydrogens (primary N) is 1. The highest BCUT2D eigenvalue weighted by Crippen LogP contribution is 2.24. The Morgan fingerprint density at radius 3 is 2.80 bits per heavy atom. The van der Waals surface area contributed by atoms with Gasteiger partial charge in [0.1, 0.15) is 17.6 Å². The Morgan fingerprint density at radius 1 is 1.40 bits per heavy atom. The first-order chi connectivity index (χ1) is 11.9. The lowest BCUT2D eigenvalue weighted by atomic mass is 9.88. The van der Waals surface area contributed by atoms with E-state index in [0.717, 1.165) is 5.39 Å². The zero-order chi connectivity index (χ0) is 18.2. The molecule has 1 atom stereocenters. The zero-order valence-corrected chi connectivity index (χ0v) is 14.6. The van der Waals surface area contributed by atoms with Gasteiger partial charge in [-0.25, -0.2) is 4.98 Å². The SMILES string of the molecule is CC(C)C(C)(CN)NC(=O)Cn1cnc2c(oc3ccccc32)c1=O. The van der Waals surface area contributed by atoms with Crippen LogP contribution in [0, 0.1) is 5.92 Å². The summed E-state index contributed by atoms with van der Waals surface area (Å²) >= 11 is 0. The van der Waals surface area contributed by atoms with Crippen LogP contribution in [-0.2, 0) is 11.3 Å². The number of rotatable bonds is 5. The van der Waals surface area contributed by atoms with E-state index in [1.165, 1.54) is 10.9 Å². The molecule has 1 amide bonds. The van der Waals surface area contributed by atoms with E-state index < -0.39 is 5.54 Å². The van der Waals surface area contributed by atoms with Crippen molar-refractivity contribution in [3.8, 4) is 0 Å². The molecule has 132 valence electrons. The largest absolute Gasteiger partial charge is 0.448 e.